The zero-order valence-corrected chi connectivity index (χ0v) is 20.8. The SMILES string of the molecule is Cc1c(OCC(=O)N(C)C)ccc(C(C)N2CCN(C(=O)c3ccc(C(F)(F)F)cc3)CC2)c1C. The first-order chi connectivity index (χ1) is 16.4. The van der Waals surface area contributed by atoms with Crippen molar-refractivity contribution in [3.63, 3.8) is 0 Å². The van der Waals surface area contributed by atoms with Gasteiger partial charge in [-0.1, -0.05) is 6.07 Å². The molecule has 0 aliphatic carbocycles. The van der Waals surface area contributed by atoms with Crippen LogP contribution in [0.1, 0.15) is 45.6 Å². The molecule has 1 atom stereocenters. The molecule has 9 heteroatoms. The maximum atomic E-state index is 12.8. The van der Waals surface area contributed by atoms with Gasteiger partial charge in [0.1, 0.15) is 5.75 Å². The first kappa shape index (κ1) is 26.5. The molecule has 1 unspecified atom stereocenters. The highest BCUT2D eigenvalue weighted by Gasteiger charge is 2.31. The largest absolute Gasteiger partial charge is 0.483 e. The van der Waals surface area contributed by atoms with Gasteiger partial charge in [-0.2, -0.15) is 13.2 Å². The Balaban J connectivity index is 1.61. The van der Waals surface area contributed by atoms with E-state index >= 15 is 0 Å². The van der Waals surface area contributed by atoms with Crippen molar-refractivity contribution in [2.24, 2.45) is 0 Å². The van der Waals surface area contributed by atoms with Crippen LogP contribution in [-0.2, 0) is 11.0 Å². The molecule has 3 rings (SSSR count). The van der Waals surface area contributed by atoms with Gasteiger partial charge in [0.15, 0.2) is 6.61 Å². The minimum absolute atomic E-state index is 0.0168. The van der Waals surface area contributed by atoms with Crippen LogP contribution in [0.5, 0.6) is 5.75 Å². The van der Waals surface area contributed by atoms with Crippen molar-refractivity contribution in [2.75, 3.05) is 46.9 Å². The Hall–Kier alpha value is -3.07. The number of likely N-dealkylation sites (N-methyl/N-ethyl adjacent to an activating group) is 1. The Morgan fingerprint density at radius 2 is 1.57 bits per heavy atom. The Morgan fingerprint density at radius 1 is 0.971 bits per heavy atom. The fourth-order valence-corrected chi connectivity index (χ4v) is 4.19. The van der Waals surface area contributed by atoms with Gasteiger partial charge in [0.05, 0.1) is 5.56 Å². The van der Waals surface area contributed by atoms with Gasteiger partial charge in [0.25, 0.3) is 11.8 Å². The summed E-state index contributed by atoms with van der Waals surface area (Å²) in [6.07, 6.45) is -4.42. The second-order valence-corrected chi connectivity index (χ2v) is 9.06. The van der Waals surface area contributed by atoms with Crippen LogP contribution < -0.4 is 4.74 Å². The van der Waals surface area contributed by atoms with Crippen LogP contribution >= 0.6 is 0 Å². The maximum absolute atomic E-state index is 12.8. The molecule has 0 radical (unpaired) electrons. The summed E-state index contributed by atoms with van der Waals surface area (Å²) in [6.45, 7) is 8.41. The van der Waals surface area contributed by atoms with Crippen molar-refractivity contribution in [3.05, 3.63) is 64.2 Å². The van der Waals surface area contributed by atoms with E-state index in [-0.39, 0.29) is 30.0 Å². The van der Waals surface area contributed by atoms with Gasteiger partial charge < -0.3 is 14.5 Å². The van der Waals surface area contributed by atoms with Crippen LogP contribution in [0, 0.1) is 13.8 Å². The number of piperazine rings is 1. The summed E-state index contributed by atoms with van der Waals surface area (Å²) in [4.78, 5) is 30.1. The van der Waals surface area contributed by atoms with E-state index in [1.54, 1.807) is 19.0 Å². The molecule has 35 heavy (non-hydrogen) atoms. The van der Waals surface area contributed by atoms with Crippen LogP contribution in [0.4, 0.5) is 13.2 Å². The van der Waals surface area contributed by atoms with Crippen molar-refractivity contribution >= 4 is 11.8 Å². The fraction of sp³-hybridized carbons (Fsp3) is 0.462. The summed E-state index contributed by atoms with van der Waals surface area (Å²) in [6, 6.07) is 8.38. The van der Waals surface area contributed by atoms with E-state index in [1.807, 2.05) is 26.0 Å². The number of alkyl halides is 3. The van der Waals surface area contributed by atoms with E-state index in [0.717, 1.165) is 28.8 Å². The molecule has 6 nitrogen and oxygen atoms in total. The Kier molecular flexibility index (Phi) is 8.10. The summed E-state index contributed by atoms with van der Waals surface area (Å²) in [5.41, 5.74) is 2.72. The summed E-state index contributed by atoms with van der Waals surface area (Å²) < 4.78 is 44.1. The third-order valence-electron chi connectivity index (χ3n) is 6.69. The highest BCUT2D eigenvalue weighted by molar-refractivity contribution is 5.94. The van der Waals surface area contributed by atoms with Crippen molar-refractivity contribution in [2.45, 2.75) is 33.0 Å². The Labute approximate surface area is 204 Å². The van der Waals surface area contributed by atoms with E-state index < -0.39 is 11.7 Å². The summed E-state index contributed by atoms with van der Waals surface area (Å²) in [5, 5.41) is 0. The molecule has 2 aromatic carbocycles. The number of amides is 2. The number of carbonyl (C=O) groups is 2. The third-order valence-corrected chi connectivity index (χ3v) is 6.69. The second-order valence-electron chi connectivity index (χ2n) is 9.06. The normalized spacial score (nSPS) is 15.6. The third kappa shape index (κ3) is 6.14. The lowest BCUT2D eigenvalue weighted by Crippen LogP contribution is -2.49. The van der Waals surface area contributed by atoms with Gasteiger partial charge in [0, 0.05) is 51.9 Å². The monoisotopic (exact) mass is 491 g/mol. The van der Waals surface area contributed by atoms with Gasteiger partial charge in [-0.3, -0.25) is 14.5 Å². The fourth-order valence-electron chi connectivity index (χ4n) is 4.19. The average molecular weight is 492 g/mol. The van der Waals surface area contributed by atoms with E-state index in [0.29, 0.717) is 31.9 Å². The molecule has 1 aliphatic rings. The van der Waals surface area contributed by atoms with Gasteiger partial charge in [-0.05, 0) is 67.8 Å². The molecule has 0 saturated carbocycles. The predicted octanol–water partition coefficient (Wildman–Crippen LogP) is 4.31. The molecule has 1 aliphatic heterocycles. The molecule has 190 valence electrons. The number of hydrogen-bond acceptors (Lipinski definition) is 4. The van der Waals surface area contributed by atoms with E-state index in [2.05, 4.69) is 11.8 Å². The lowest BCUT2D eigenvalue weighted by atomic mass is 9.96. The highest BCUT2D eigenvalue weighted by Crippen LogP contribution is 2.32. The predicted molar refractivity (Wildman–Crippen MR) is 127 cm³/mol. The summed E-state index contributed by atoms with van der Waals surface area (Å²) in [7, 11) is 3.37. The van der Waals surface area contributed by atoms with Crippen molar-refractivity contribution < 1.29 is 27.5 Å². The van der Waals surface area contributed by atoms with Gasteiger partial charge >= 0.3 is 6.18 Å². The zero-order valence-electron chi connectivity index (χ0n) is 20.8. The minimum Gasteiger partial charge on any atom is -0.483 e. The Morgan fingerprint density at radius 3 is 2.11 bits per heavy atom. The second kappa shape index (κ2) is 10.7. The maximum Gasteiger partial charge on any atom is 0.416 e. The lowest BCUT2D eigenvalue weighted by Gasteiger charge is -2.39. The van der Waals surface area contributed by atoms with Crippen molar-refractivity contribution in [3.8, 4) is 5.75 Å². The Bertz CT molecular complexity index is 1060. The number of benzene rings is 2. The quantitative estimate of drug-likeness (QED) is 0.605. The van der Waals surface area contributed by atoms with E-state index in [9.17, 15) is 22.8 Å². The number of rotatable bonds is 6. The lowest BCUT2D eigenvalue weighted by molar-refractivity contribution is -0.137. The molecule has 0 aromatic heterocycles. The molecule has 1 fully saturated rings. The number of halogens is 3. The zero-order chi connectivity index (χ0) is 25.9. The average Bonchev–Trinajstić information content (AvgIpc) is 2.83. The van der Waals surface area contributed by atoms with Gasteiger partial charge in [0.2, 0.25) is 0 Å². The number of hydrogen-bond donors (Lipinski definition) is 0. The number of nitrogens with zero attached hydrogens (tertiary/aromatic N) is 3. The highest BCUT2D eigenvalue weighted by atomic mass is 19.4. The molecular formula is C26H32F3N3O3. The first-order valence-electron chi connectivity index (χ1n) is 11.5. The van der Waals surface area contributed by atoms with Crippen LogP contribution in [-0.4, -0.2) is 73.4 Å². The minimum atomic E-state index is -4.42. The smallest absolute Gasteiger partial charge is 0.416 e. The van der Waals surface area contributed by atoms with Crippen LogP contribution in [0.25, 0.3) is 0 Å². The van der Waals surface area contributed by atoms with Crippen LogP contribution in [0.2, 0.25) is 0 Å². The summed E-state index contributed by atoms with van der Waals surface area (Å²) in [5.74, 6) is 0.315. The molecule has 0 N–H and O–H groups in total. The molecule has 2 amide bonds. The number of ether oxygens (including phenoxy) is 1. The van der Waals surface area contributed by atoms with Gasteiger partial charge in [-0.25, -0.2) is 0 Å². The van der Waals surface area contributed by atoms with Gasteiger partial charge in [-0.15, -0.1) is 0 Å². The number of carbonyl (C=O) groups excluding carboxylic acids is 2. The van der Waals surface area contributed by atoms with E-state index in [4.69, 9.17) is 4.74 Å². The molecule has 0 spiro atoms. The van der Waals surface area contributed by atoms with Crippen molar-refractivity contribution in [1.29, 1.82) is 0 Å². The summed E-state index contributed by atoms with van der Waals surface area (Å²) >= 11 is 0. The molecule has 1 saturated heterocycles. The molecular weight excluding hydrogens is 459 g/mol. The first-order valence-corrected chi connectivity index (χ1v) is 11.5. The standard InChI is InChI=1S/C26H32F3N3O3/c1-17-18(2)23(35-16-24(33)30(4)5)11-10-22(17)19(3)31-12-14-32(15-13-31)25(34)20-6-8-21(9-7-20)26(27,28)29/h6-11,19H,12-16H2,1-5H3. The molecule has 0 bridgehead atoms. The van der Waals surface area contributed by atoms with Crippen molar-refractivity contribution in [1.82, 2.24) is 14.7 Å². The van der Waals surface area contributed by atoms with E-state index in [1.165, 1.54) is 17.0 Å². The molecule has 1 heterocycles. The van der Waals surface area contributed by atoms with Crippen LogP contribution in [0.15, 0.2) is 36.4 Å². The van der Waals surface area contributed by atoms with Crippen LogP contribution in [0.3, 0.4) is 0 Å². The topological polar surface area (TPSA) is 53.1 Å². The molecule has 2 aromatic rings.